The minimum Gasteiger partial charge on any atom is -0.0625 e. The molecular weight excluding hydrogens is 180 g/mol. The highest BCUT2D eigenvalue weighted by atomic mass is 14.2. The Bertz CT molecular complexity index is 133. The van der Waals surface area contributed by atoms with Crippen molar-refractivity contribution in [2.75, 3.05) is 0 Å². The van der Waals surface area contributed by atoms with E-state index in [0.717, 1.165) is 18.3 Å². The molecule has 1 aliphatic carbocycles. The Hall–Kier alpha value is 0. The zero-order chi connectivity index (χ0) is 10.9. The summed E-state index contributed by atoms with van der Waals surface area (Å²) in [5, 5.41) is 0. The first kappa shape index (κ1) is 13.1. The Morgan fingerprint density at radius 3 is 2.60 bits per heavy atom. The molecule has 0 saturated heterocycles. The smallest absolute Gasteiger partial charge is 0.0352 e. The van der Waals surface area contributed by atoms with Crippen LogP contribution in [0.5, 0.6) is 0 Å². The first-order chi connectivity index (χ1) is 7.33. The molecule has 1 fully saturated rings. The van der Waals surface area contributed by atoms with E-state index in [-0.39, 0.29) is 0 Å². The number of rotatable bonds is 7. The average Bonchev–Trinajstić information content (AvgIpc) is 2.28. The van der Waals surface area contributed by atoms with Gasteiger partial charge in [0.25, 0.3) is 0 Å². The molecule has 0 heterocycles. The van der Waals surface area contributed by atoms with Gasteiger partial charge < -0.3 is 0 Å². The summed E-state index contributed by atoms with van der Waals surface area (Å²) in [5.74, 6) is 1.85. The van der Waals surface area contributed by atoms with Gasteiger partial charge in [0, 0.05) is 0 Å². The van der Waals surface area contributed by atoms with Gasteiger partial charge in [0.05, 0.1) is 0 Å². The Morgan fingerprint density at radius 1 is 1.20 bits per heavy atom. The molecule has 0 spiro atoms. The van der Waals surface area contributed by atoms with Gasteiger partial charge in [0.15, 0.2) is 0 Å². The first-order valence-corrected chi connectivity index (χ1v) is 6.95. The molecule has 0 bridgehead atoms. The molecule has 1 unspecified atom stereocenters. The van der Waals surface area contributed by atoms with Crippen molar-refractivity contribution in [3.63, 3.8) is 0 Å². The molecule has 0 amide bonds. The van der Waals surface area contributed by atoms with Gasteiger partial charge in [0.2, 0.25) is 0 Å². The maximum absolute atomic E-state index is 3.89. The molecule has 0 aromatic carbocycles. The maximum Gasteiger partial charge on any atom is -0.0352 e. The Kier molecular flexibility index (Phi) is 7.13. The summed E-state index contributed by atoms with van der Waals surface area (Å²) in [5.41, 5.74) is 0. The summed E-state index contributed by atoms with van der Waals surface area (Å²) >= 11 is 0. The van der Waals surface area contributed by atoms with Crippen molar-refractivity contribution in [1.82, 2.24) is 0 Å². The van der Waals surface area contributed by atoms with Crippen molar-refractivity contribution in [3.8, 4) is 0 Å². The van der Waals surface area contributed by atoms with Crippen molar-refractivity contribution in [2.24, 2.45) is 11.8 Å². The zero-order valence-corrected chi connectivity index (χ0v) is 10.5. The van der Waals surface area contributed by atoms with Gasteiger partial charge in [-0.2, -0.15) is 0 Å². The van der Waals surface area contributed by atoms with Crippen LogP contribution in [0.15, 0.2) is 0 Å². The van der Waals surface area contributed by atoms with Crippen LogP contribution in [0.1, 0.15) is 71.1 Å². The highest BCUT2D eigenvalue weighted by Crippen LogP contribution is 2.28. The van der Waals surface area contributed by atoms with Crippen LogP contribution in [0, 0.1) is 25.2 Å². The predicted molar refractivity (Wildman–Crippen MR) is 68.5 cm³/mol. The van der Waals surface area contributed by atoms with E-state index in [2.05, 4.69) is 20.3 Å². The standard InChI is InChI=1S/C15H28/c1-3-4-6-9-14(2)12-13-15-10-7-5-8-11-15/h13-15H,1,3-12H2,2H3. The molecule has 0 N–H and O–H groups in total. The minimum atomic E-state index is 0.901. The number of hydrogen-bond acceptors (Lipinski definition) is 0. The lowest BCUT2D eigenvalue weighted by Crippen LogP contribution is -2.08. The lowest BCUT2D eigenvalue weighted by molar-refractivity contribution is 0.370. The van der Waals surface area contributed by atoms with Crippen molar-refractivity contribution in [2.45, 2.75) is 71.1 Å². The second-order valence-corrected chi connectivity index (χ2v) is 5.32. The topological polar surface area (TPSA) is 0 Å². The molecular formula is C15H28. The fourth-order valence-electron chi connectivity index (χ4n) is 2.58. The molecule has 0 heteroatoms. The van der Waals surface area contributed by atoms with E-state index in [4.69, 9.17) is 0 Å². The van der Waals surface area contributed by atoms with Crippen LogP contribution in [0.2, 0.25) is 0 Å². The van der Waals surface area contributed by atoms with Gasteiger partial charge in [0.1, 0.15) is 0 Å². The van der Waals surface area contributed by atoms with Gasteiger partial charge in [-0.15, -0.1) is 0 Å². The normalized spacial score (nSPS) is 20.4. The van der Waals surface area contributed by atoms with Crippen LogP contribution in [0.25, 0.3) is 0 Å². The molecule has 15 heavy (non-hydrogen) atoms. The summed E-state index contributed by atoms with van der Waals surface area (Å²) in [4.78, 5) is 0. The highest BCUT2D eigenvalue weighted by molar-refractivity contribution is 4.80. The van der Waals surface area contributed by atoms with Gasteiger partial charge in [-0.3, -0.25) is 0 Å². The third kappa shape index (κ3) is 6.22. The van der Waals surface area contributed by atoms with Crippen LogP contribution in [0.4, 0.5) is 0 Å². The molecule has 1 rings (SSSR count). The third-order valence-corrected chi connectivity index (χ3v) is 3.72. The van der Waals surface area contributed by atoms with E-state index in [1.807, 2.05) is 0 Å². The fraction of sp³-hybridized carbons (Fsp3) is 0.867. The van der Waals surface area contributed by atoms with E-state index in [0.29, 0.717) is 0 Å². The third-order valence-electron chi connectivity index (χ3n) is 3.72. The number of hydrogen-bond donors (Lipinski definition) is 0. The molecule has 1 aliphatic rings. The average molecular weight is 208 g/mol. The van der Waals surface area contributed by atoms with Gasteiger partial charge >= 0.3 is 0 Å². The monoisotopic (exact) mass is 208 g/mol. The second kappa shape index (κ2) is 8.19. The molecule has 88 valence electrons. The maximum atomic E-state index is 3.89. The van der Waals surface area contributed by atoms with Crippen molar-refractivity contribution in [3.05, 3.63) is 13.3 Å². The van der Waals surface area contributed by atoms with Crippen molar-refractivity contribution < 1.29 is 0 Å². The van der Waals surface area contributed by atoms with E-state index in [1.54, 1.807) is 0 Å². The Morgan fingerprint density at radius 2 is 1.93 bits per heavy atom. The van der Waals surface area contributed by atoms with E-state index >= 15 is 0 Å². The summed E-state index contributed by atoms with van der Waals surface area (Å²) in [7, 11) is 0. The Balaban J connectivity index is 1.97. The van der Waals surface area contributed by atoms with E-state index in [1.165, 1.54) is 57.8 Å². The molecule has 0 aromatic heterocycles. The van der Waals surface area contributed by atoms with Crippen LogP contribution >= 0.6 is 0 Å². The zero-order valence-electron chi connectivity index (χ0n) is 10.5. The first-order valence-electron chi connectivity index (χ1n) is 6.95. The summed E-state index contributed by atoms with van der Waals surface area (Å²) in [6.45, 7) is 6.30. The van der Waals surface area contributed by atoms with Crippen LogP contribution < -0.4 is 0 Å². The van der Waals surface area contributed by atoms with E-state index < -0.39 is 0 Å². The molecule has 0 aliphatic heterocycles. The molecule has 1 atom stereocenters. The molecule has 0 nitrogen and oxygen atoms in total. The van der Waals surface area contributed by atoms with Crippen molar-refractivity contribution >= 4 is 0 Å². The molecule has 0 aromatic rings. The van der Waals surface area contributed by atoms with Crippen molar-refractivity contribution in [1.29, 1.82) is 0 Å². The van der Waals surface area contributed by atoms with Gasteiger partial charge in [-0.1, -0.05) is 71.6 Å². The lowest BCUT2D eigenvalue weighted by atomic mass is 9.84. The Labute approximate surface area is 96.8 Å². The molecule has 2 radical (unpaired) electrons. The largest absolute Gasteiger partial charge is 0.0625 e. The van der Waals surface area contributed by atoms with E-state index in [9.17, 15) is 0 Å². The summed E-state index contributed by atoms with van der Waals surface area (Å²) in [6.07, 6.45) is 16.5. The highest BCUT2D eigenvalue weighted by Gasteiger charge is 2.14. The van der Waals surface area contributed by atoms with Gasteiger partial charge in [-0.25, -0.2) is 0 Å². The molecule has 1 saturated carbocycles. The minimum absolute atomic E-state index is 0.901. The summed E-state index contributed by atoms with van der Waals surface area (Å²) in [6, 6.07) is 0. The van der Waals surface area contributed by atoms with Crippen LogP contribution in [-0.2, 0) is 0 Å². The van der Waals surface area contributed by atoms with Gasteiger partial charge in [-0.05, 0) is 24.7 Å². The summed E-state index contributed by atoms with van der Waals surface area (Å²) < 4.78 is 0. The van der Waals surface area contributed by atoms with Crippen LogP contribution in [-0.4, -0.2) is 0 Å². The lowest BCUT2D eigenvalue weighted by Gasteiger charge is -2.22. The quantitative estimate of drug-likeness (QED) is 0.505. The van der Waals surface area contributed by atoms with Crippen LogP contribution in [0.3, 0.4) is 0 Å². The fourth-order valence-corrected chi connectivity index (χ4v) is 2.58. The number of unbranched alkanes of at least 4 members (excludes halogenated alkanes) is 2. The predicted octanol–water partition coefficient (Wildman–Crippen LogP) is 5.19. The second-order valence-electron chi connectivity index (χ2n) is 5.32. The SMILES string of the molecule is [CH2]CCCCC(C)C[CH]C1CCCCC1.